The SMILES string of the molecule is Cc1cc(C)n(C(/C(=N/C(=N)N(C)C)N(C)C)n2nc(C)cc2C)n1. The molecule has 0 saturated heterocycles. The second kappa shape index (κ2) is 7.08. The lowest BCUT2D eigenvalue weighted by molar-refractivity contribution is 0.401. The van der Waals surface area contributed by atoms with Crippen LogP contribution < -0.4 is 0 Å². The first-order valence-corrected chi connectivity index (χ1v) is 8.19. The van der Waals surface area contributed by atoms with Crippen LogP contribution in [0.5, 0.6) is 0 Å². The third-order valence-corrected chi connectivity index (χ3v) is 3.89. The highest BCUT2D eigenvalue weighted by Gasteiger charge is 2.27. The average Bonchev–Trinajstić information content (AvgIpc) is 2.99. The lowest BCUT2D eigenvalue weighted by atomic mass is 10.3. The molecule has 2 rings (SSSR count). The molecule has 8 heteroatoms. The zero-order valence-corrected chi connectivity index (χ0v) is 16.4. The number of likely N-dealkylation sites (N-methyl/N-ethyl adjacent to an activating group) is 1. The number of rotatable bonds is 3. The molecule has 0 aliphatic rings. The van der Waals surface area contributed by atoms with Crippen LogP contribution in [0.1, 0.15) is 28.9 Å². The van der Waals surface area contributed by atoms with Crippen LogP contribution in [0.4, 0.5) is 0 Å². The van der Waals surface area contributed by atoms with E-state index >= 15 is 0 Å². The molecule has 0 unspecified atom stereocenters. The zero-order chi connectivity index (χ0) is 18.9. The molecule has 0 bridgehead atoms. The number of nitrogens with zero attached hydrogens (tertiary/aromatic N) is 7. The predicted octanol–water partition coefficient (Wildman–Crippen LogP) is 1.82. The third kappa shape index (κ3) is 3.89. The fourth-order valence-corrected chi connectivity index (χ4v) is 2.71. The topological polar surface area (TPSA) is 78.3 Å². The molecular formula is C17H28N8. The average molecular weight is 344 g/mol. The molecule has 0 amide bonds. The van der Waals surface area contributed by atoms with Crippen LogP contribution in [0.15, 0.2) is 17.1 Å². The Morgan fingerprint density at radius 3 is 1.64 bits per heavy atom. The van der Waals surface area contributed by atoms with Gasteiger partial charge in [-0.3, -0.25) is 5.41 Å². The molecule has 136 valence electrons. The first-order chi connectivity index (χ1) is 11.6. The van der Waals surface area contributed by atoms with Crippen molar-refractivity contribution in [3.05, 3.63) is 34.9 Å². The number of aliphatic imine (C=N–C) groups is 1. The van der Waals surface area contributed by atoms with E-state index in [0.717, 1.165) is 22.8 Å². The fraction of sp³-hybridized carbons (Fsp3) is 0.529. The van der Waals surface area contributed by atoms with Crippen molar-refractivity contribution in [3.8, 4) is 0 Å². The molecule has 0 saturated carbocycles. The number of hydrogen-bond acceptors (Lipinski definition) is 3. The molecular weight excluding hydrogens is 316 g/mol. The highest BCUT2D eigenvalue weighted by atomic mass is 15.5. The summed E-state index contributed by atoms with van der Waals surface area (Å²) >= 11 is 0. The van der Waals surface area contributed by atoms with Gasteiger partial charge in [0.25, 0.3) is 0 Å². The second-order valence-electron chi connectivity index (χ2n) is 6.70. The quantitative estimate of drug-likeness (QED) is 0.680. The van der Waals surface area contributed by atoms with Gasteiger partial charge in [-0.2, -0.15) is 15.2 Å². The number of nitrogens with one attached hydrogen (secondary N) is 1. The van der Waals surface area contributed by atoms with Crippen LogP contribution in [0, 0.1) is 33.1 Å². The smallest absolute Gasteiger partial charge is 0.219 e. The molecule has 0 aromatic carbocycles. The molecule has 2 heterocycles. The fourth-order valence-electron chi connectivity index (χ4n) is 2.71. The van der Waals surface area contributed by atoms with Crippen LogP contribution in [0.25, 0.3) is 0 Å². The molecule has 1 N–H and O–H groups in total. The monoisotopic (exact) mass is 344 g/mol. The van der Waals surface area contributed by atoms with Gasteiger partial charge in [0.05, 0.1) is 11.4 Å². The molecule has 0 atom stereocenters. The first-order valence-electron chi connectivity index (χ1n) is 8.19. The van der Waals surface area contributed by atoms with Crippen LogP contribution >= 0.6 is 0 Å². The summed E-state index contributed by atoms with van der Waals surface area (Å²) in [6.45, 7) is 7.97. The number of guanidine groups is 1. The van der Waals surface area contributed by atoms with Crippen molar-refractivity contribution in [2.24, 2.45) is 4.99 Å². The van der Waals surface area contributed by atoms with Gasteiger partial charge >= 0.3 is 0 Å². The zero-order valence-electron chi connectivity index (χ0n) is 16.4. The summed E-state index contributed by atoms with van der Waals surface area (Å²) in [5.41, 5.74) is 3.90. The largest absolute Gasteiger partial charge is 0.363 e. The highest BCUT2D eigenvalue weighted by molar-refractivity contribution is 5.96. The Hall–Kier alpha value is -2.64. The second-order valence-corrected chi connectivity index (χ2v) is 6.70. The lowest BCUT2D eigenvalue weighted by Gasteiger charge is -2.28. The Labute approximate surface area is 149 Å². The highest BCUT2D eigenvalue weighted by Crippen LogP contribution is 2.20. The van der Waals surface area contributed by atoms with Crippen molar-refractivity contribution in [2.45, 2.75) is 33.9 Å². The van der Waals surface area contributed by atoms with Gasteiger partial charge in [-0.25, -0.2) is 9.36 Å². The van der Waals surface area contributed by atoms with E-state index in [4.69, 9.17) is 5.41 Å². The summed E-state index contributed by atoms with van der Waals surface area (Å²) in [7, 11) is 7.46. The van der Waals surface area contributed by atoms with Gasteiger partial charge in [0.1, 0.15) is 0 Å². The third-order valence-electron chi connectivity index (χ3n) is 3.89. The molecule has 2 aromatic rings. The first kappa shape index (κ1) is 18.7. The Morgan fingerprint density at radius 1 is 0.920 bits per heavy atom. The van der Waals surface area contributed by atoms with E-state index in [0.29, 0.717) is 5.84 Å². The summed E-state index contributed by atoms with van der Waals surface area (Å²) in [5, 5.41) is 17.5. The van der Waals surface area contributed by atoms with Gasteiger partial charge < -0.3 is 9.80 Å². The summed E-state index contributed by atoms with van der Waals surface area (Å²) in [6.07, 6.45) is -0.363. The van der Waals surface area contributed by atoms with Gasteiger partial charge in [-0.15, -0.1) is 0 Å². The van der Waals surface area contributed by atoms with E-state index in [9.17, 15) is 0 Å². The van der Waals surface area contributed by atoms with Crippen molar-refractivity contribution >= 4 is 11.8 Å². The van der Waals surface area contributed by atoms with Crippen molar-refractivity contribution in [2.75, 3.05) is 28.2 Å². The number of aryl methyl sites for hydroxylation is 4. The van der Waals surface area contributed by atoms with Gasteiger partial charge in [0, 0.05) is 39.6 Å². The van der Waals surface area contributed by atoms with E-state index < -0.39 is 0 Å². The van der Waals surface area contributed by atoms with Crippen molar-refractivity contribution in [1.82, 2.24) is 29.4 Å². The Bertz CT molecular complexity index is 747. The van der Waals surface area contributed by atoms with E-state index in [1.807, 2.05) is 68.2 Å². The molecule has 0 aliphatic heterocycles. The maximum atomic E-state index is 8.16. The van der Waals surface area contributed by atoms with Crippen molar-refractivity contribution < 1.29 is 0 Å². The molecule has 0 aliphatic carbocycles. The van der Waals surface area contributed by atoms with Crippen LogP contribution in [-0.2, 0) is 0 Å². The van der Waals surface area contributed by atoms with Gasteiger partial charge in [-0.05, 0) is 39.8 Å². The number of aromatic nitrogens is 4. The van der Waals surface area contributed by atoms with E-state index in [1.54, 1.807) is 19.0 Å². The standard InChI is InChI=1S/C17H28N8/c1-11-9-13(3)24(20-11)16(25-14(4)10-12(2)21-25)15(22(5)6)19-17(18)23(7)8/h9-10,16,18H,1-8H3/b18-17?,19-15-. The Balaban J connectivity index is 2.70. The van der Waals surface area contributed by atoms with E-state index in [-0.39, 0.29) is 12.1 Å². The van der Waals surface area contributed by atoms with E-state index in [2.05, 4.69) is 15.2 Å². The van der Waals surface area contributed by atoms with Crippen LogP contribution in [-0.4, -0.2) is 69.3 Å². The number of hydrogen-bond donors (Lipinski definition) is 1. The summed E-state index contributed by atoms with van der Waals surface area (Å²) in [4.78, 5) is 8.14. The summed E-state index contributed by atoms with van der Waals surface area (Å²) in [6, 6.07) is 4.06. The lowest BCUT2D eigenvalue weighted by Crippen LogP contribution is -2.39. The molecule has 2 aromatic heterocycles. The Morgan fingerprint density at radius 2 is 1.36 bits per heavy atom. The number of amidine groups is 1. The maximum absolute atomic E-state index is 8.16. The predicted molar refractivity (Wildman–Crippen MR) is 100 cm³/mol. The molecule has 25 heavy (non-hydrogen) atoms. The van der Waals surface area contributed by atoms with Gasteiger partial charge in [-0.1, -0.05) is 0 Å². The molecule has 0 fully saturated rings. The van der Waals surface area contributed by atoms with Gasteiger partial charge in [0.2, 0.25) is 12.1 Å². The summed E-state index contributed by atoms with van der Waals surface area (Å²) < 4.78 is 3.83. The molecule has 0 radical (unpaired) electrons. The summed E-state index contributed by atoms with van der Waals surface area (Å²) in [5.74, 6) is 0.868. The molecule has 0 spiro atoms. The molecule has 8 nitrogen and oxygen atoms in total. The van der Waals surface area contributed by atoms with Crippen LogP contribution in [0.2, 0.25) is 0 Å². The van der Waals surface area contributed by atoms with Crippen molar-refractivity contribution in [3.63, 3.8) is 0 Å². The minimum atomic E-state index is -0.363. The minimum Gasteiger partial charge on any atom is -0.363 e. The normalized spacial score (nSPS) is 12.0. The minimum absolute atomic E-state index is 0.178. The van der Waals surface area contributed by atoms with Gasteiger partial charge in [0.15, 0.2) is 5.84 Å². The van der Waals surface area contributed by atoms with E-state index in [1.165, 1.54) is 0 Å². The Kier molecular flexibility index (Phi) is 5.30. The van der Waals surface area contributed by atoms with Crippen molar-refractivity contribution in [1.29, 1.82) is 5.41 Å². The van der Waals surface area contributed by atoms with Crippen LogP contribution in [0.3, 0.4) is 0 Å². The maximum Gasteiger partial charge on any atom is 0.219 e.